The number of halogens is 2. The maximum atomic E-state index is 13.7. The molecule has 1 amide bonds. The van der Waals surface area contributed by atoms with Crippen LogP contribution >= 0.6 is 11.6 Å². The molecule has 104 valence electrons. The molecule has 1 aromatic rings. The molecule has 1 saturated carbocycles. The molecule has 0 heterocycles. The summed E-state index contributed by atoms with van der Waals surface area (Å²) < 4.78 is 13.7. The van der Waals surface area contributed by atoms with Gasteiger partial charge in [0, 0.05) is 11.6 Å². The van der Waals surface area contributed by atoms with Crippen molar-refractivity contribution in [2.75, 3.05) is 0 Å². The molecule has 1 aliphatic rings. The maximum Gasteiger partial charge on any atom is 0.242 e. The van der Waals surface area contributed by atoms with Gasteiger partial charge in [-0.05, 0) is 25.8 Å². The van der Waals surface area contributed by atoms with E-state index in [1.165, 1.54) is 12.5 Å². The minimum Gasteiger partial charge on any atom is -0.352 e. The van der Waals surface area contributed by atoms with E-state index in [0.717, 1.165) is 31.2 Å². The standard InChI is InChI=1S/C15H19ClFNO/c1-10-7-8-13(17)12(9-10)14(16)15(19)18-11-5-3-2-4-6-11/h7-9,11,14H,2-6H2,1H3,(H,18,19). The molecular weight excluding hydrogens is 265 g/mol. The molecule has 0 radical (unpaired) electrons. The van der Waals surface area contributed by atoms with E-state index in [0.29, 0.717) is 0 Å². The summed E-state index contributed by atoms with van der Waals surface area (Å²) in [4.78, 5) is 12.1. The molecular formula is C15H19ClFNO. The largest absolute Gasteiger partial charge is 0.352 e. The zero-order valence-electron chi connectivity index (χ0n) is 11.1. The highest BCUT2D eigenvalue weighted by molar-refractivity contribution is 6.30. The zero-order chi connectivity index (χ0) is 13.8. The van der Waals surface area contributed by atoms with E-state index in [1.807, 2.05) is 6.92 Å². The van der Waals surface area contributed by atoms with Crippen molar-refractivity contribution in [1.29, 1.82) is 0 Å². The Morgan fingerprint density at radius 1 is 1.37 bits per heavy atom. The van der Waals surface area contributed by atoms with E-state index in [9.17, 15) is 9.18 Å². The average molecular weight is 284 g/mol. The van der Waals surface area contributed by atoms with Gasteiger partial charge in [0.25, 0.3) is 0 Å². The average Bonchev–Trinajstić information content (AvgIpc) is 2.42. The molecule has 0 aromatic heterocycles. The lowest BCUT2D eigenvalue weighted by molar-refractivity contribution is -0.121. The van der Waals surface area contributed by atoms with Crippen LogP contribution in [0.15, 0.2) is 18.2 Å². The first kappa shape index (κ1) is 14.3. The smallest absolute Gasteiger partial charge is 0.242 e. The number of hydrogen-bond donors (Lipinski definition) is 1. The Labute approximate surface area is 118 Å². The highest BCUT2D eigenvalue weighted by Gasteiger charge is 2.24. The fourth-order valence-electron chi connectivity index (χ4n) is 2.52. The number of rotatable bonds is 3. The molecule has 0 bridgehead atoms. The molecule has 0 aliphatic heterocycles. The van der Waals surface area contributed by atoms with Gasteiger partial charge in [0.2, 0.25) is 5.91 Å². The van der Waals surface area contributed by atoms with Gasteiger partial charge >= 0.3 is 0 Å². The first-order chi connectivity index (χ1) is 9.08. The van der Waals surface area contributed by atoms with E-state index in [4.69, 9.17) is 11.6 Å². The second-order valence-corrected chi connectivity index (χ2v) is 5.67. The molecule has 2 nitrogen and oxygen atoms in total. The molecule has 19 heavy (non-hydrogen) atoms. The number of carbonyl (C=O) groups is 1. The Morgan fingerprint density at radius 2 is 2.05 bits per heavy atom. The number of benzene rings is 1. The fraction of sp³-hybridized carbons (Fsp3) is 0.533. The van der Waals surface area contributed by atoms with Crippen molar-refractivity contribution in [1.82, 2.24) is 5.32 Å². The molecule has 0 spiro atoms. The van der Waals surface area contributed by atoms with E-state index < -0.39 is 11.2 Å². The van der Waals surface area contributed by atoms with Gasteiger partial charge in [-0.2, -0.15) is 0 Å². The van der Waals surface area contributed by atoms with Crippen molar-refractivity contribution in [3.05, 3.63) is 35.1 Å². The second kappa shape index (κ2) is 6.38. The fourth-order valence-corrected chi connectivity index (χ4v) is 2.75. The predicted molar refractivity (Wildman–Crippen MR) is 74.7 cm³/mol. The summed E-state index contributed by atoms with van der Waals surface area (Å²) in [6.07, 6.45) is 5.48. The topological polar surface area (TPSA) is 29.1 Å². The molecule has 1 atom stereocenters. The van der Waals surface area contributed by atoms with Gasteiger partial charge in [-0.25, -0.2) is 4.39 Å². The summed E-state index contributed by atoms with van der Waals surface area (Å²) in [5, 5.41) is 1.97. The van der Waals surface area contributed by atoms with Crippen LogP contribution in [-0.2, 0) is 4.79 Å². The summed E-state index contributed by atoms with van der Waals surface area (Å²) in [7, 11) is 0. The zero-order valence-corrected chi connectivity index (χ0v) is 11.8. The first-order valence-electron chi connectivity index (χ1n) is 6.78. The van der Waals surface area contributed by atoms with Crippen molar-refractivity contribution in [3.8, 4) is 0 Å². The van der Waals surface area contributed by atoms with Crippen LogP contribution in [0.25, 0.3) is 0 Å². The number of amides is 1. The van der Waals surface area contributed by atoms with Crippen molar-refractivity contribution in [3.63, 3.8) is 0 Å². The number of nitrogens with one attached hydrogen (secondary N) is 1. The van der Waals surface area contributed by atoms with Crippen LogP contribution in [-0.4, -0.2) is 11.9 Å². The van der Waals surface area contributed by atoms with Crippen molar-refractivity contribution in [2.45, 2.75) is 50.4 Å². The Hall–Kier alpha value is -1.09. The summed E-state index contributed by atoms with van der Waals surface area (Å²) >= 11 is 6.10. The highest BCUT2D eigenvalue weighted by Crippen LogP contribution is 2.26. The Morgan fingerprint density at radius 3 is 2.74 bits per heavy atom. The molecule has 1 fully saturated rings. The molecule has 4 heteroatoms. The number of hydrogen-bond acceptors (Lipinski definition) is 1. The van der Waals surface area contributed by atoms with Crippen molar-refractivity contribution < 1.29 is 9.18 Å². The second-order valence-electron chi connectivity index (χ2n) is 5.23. The normalized spacial score (nSPS) is 18.1. The van der Waals surface area contributed by atoms with Crippen LogP contribution in [0.3, 0.4) is 0 Å². The lowest BCUT2D eigenvalue weighted by Crippen LogP contribution is -2.38. The van der Waals surface area contributed by atoms with Crippen LogP contribution in [0, 0.1) is 12.7 Å². The summed E-state index contributed by atoms with van der Waals surface area (Å²) in [6.45, 7) is 1.85. The lowest BCUT2D eigenvalue weighted by atomic mass is 9.95. The summed E-state index contributed by atoms with van der Waals surface area (Å²) in [5.74, 6) is -0.720. The number of aryl methyl sites for hydroxylation is 1. The Bertz CT molecular complexity index is 457. The number of alkyl halides is 1. The summed E-state index contributed by atoms with van der Waals surface area (Å²) in [6, 6.07) is 4.85. The van der Waals surface area contributed by atoms with E-state index in [1.54, 1.807) is 12.1 Å². The molecule has 1 unspecified atom stereocenters. The third-order valence-electron chi connectivity index (χ3n) is 3.61. The maximum absolute atomic E-state index is 13.7. The number of carbonyl (C=O) groups excluding carboxylic acids is 1. The van der Waals surface area contributed by atoms with Crippen LogP contribution in [0.5, 0.6) is 0 Å². The van der Waals surface area contributed by atoms with Gasteiger partial charge in [0.1, 0.15) is 11.2 Å². The quantitative estimate of drug-likeness (QED) is 0.839. The minimum atomic E-state index is -0.957. The minimum absolute atomic E-state index is 0.190. The van der Waals surface area contributed by atoms with Crippen LogP contribution < -0.4 is 5.32 Å². The van der Waals surface area contributed by atoms with Gasteiger partial charge in [-0.1, -0.05) is 37.0 Å². The molecule has 1 aliphatic carbocycles. The van der Waals surface area contributed by atoms with Gasteiger partial charge in [-0.15, -0.1) is 11.6 Å². The third-order valence-corrected chi connectivity index (χ3v) is 4.04. The summed E-state index contributed by atoms with van der Waals surface area (Å²) in [5.41, 5.74) is 1.16. The third kappa shape index (κ3) is 3.69. The molecule has 0 saturated heterocycles. The van der Waals surface area contributed by atoms with Crippen LogP contribution in [0.1, 0.15) is 48.6 Å². The molecule has 1 aromatic carbocycles. The lowest BCUT2D eigenvalue weighted by Gasteiger charge is -2.24. The van der Waals surface area contributed by atoms with E-state index in [2.05, 4.69) is 5.32 Å². The van der Waals surface area contributed by atoms with Gasteiger partial charge < -0.3 is 5.32 Å². The van der Waals surface area contributed by atoms with Crippen molar-refractivity contribution >= 4 is 17.5 Å². The highest BCUT2D eigenvalue weighted by atomic mass is 35.5. The Balaban J connectivity index is 2.03. The van der Waals surface area contributed by atoms with E-state index in [-0.39, 0.29) is 17.5 Å². The van der Waals surface area contributed by atoms with Gasteiger partial charge in [0.05, 0.1) is 0 Å². The Kier molecular flexibility index (Phi) is 4.81. The first-order valence-corrected chi connectivity index (χ1v) is 7.22. The molecule has 2 rings (SSSR count). The van der Waals surface area contributed by atoms with Crippen molar-refractivity contribution in [2.24, 2.45) is 0 Å². The monoisotopic (exact) mass is 283 g/mol. The predicted octanol–water partition coefficient (Wildman–Crippen LogP) is 3.86. The van der Waals surface area contributed by atoms with Crippen LogP contribution in [0.2, 0.25) is 0 Å². The SMILES string of the molecule is Cc1ccc(F)c(C(Cl)C(=O)NC2CCCCC2)c1. The molecule has 1 N–H and O–H groups in total. The van der Waals surface area contributed by atoms with Crippen LogP contribution in [0.4, 0.5) is 4.39 Å². The van der Waals surface area contributed by atoms with E-state index >= 15 is 0 Å². The van der Waals surface area contributed by atoms with Gasteiger partial charge in [-0.3, -0.25) is 4.79 Å². The van der Waals surface area contributed by atoms with Gasteiger partial charge in [0.15, 0.2) is 0 Å².